The van der Waals surface area contributed by atoms with Gasteiger partial charge < -0.3 is 9.80 Å². The standard InChI is InChI=1S/C19H24Cl2N2O2/c1-3-18(24)22-7-4-5-13(11-22)19(25)23-8-6-15-16(12(23)2)9-14(20)10-17(15)21/h9-10,12-13H,3-8,11H2,1-2H3/t12-,13-/m1/s1. The molecule has 0 radical (unpaired) electrons. The van der Waals surface area contributed by atoms with E-state index >= 15 is 0 Å². The molecule has 25 heavy (non-hydrogen) atoms. The molecule has 1 saturated heterocycles. The molecule has 136 valence electrons. The molecule has 3 rings (SSSR count). The number of rotatable bonds is 2. The molecule has 0 spiro atoms. The van der Waals surface area contributed by atoms with Crippen LogP contribution in [0, 0.1) is 5.92 Å². The first-order valence-electron chi connectivity index (χ1n) is 8.98. The average molecular weight is 383 g/mol. The first-order chi connectivity index (χ1) is 11.9. The van der Waals surface area contributed by atoms with Crippen LogP contribution >= 0.6 is 23.2 Å². The second-order valence-corrected chi connectivity index (χ2v) is 7.79. The zero-order chi connectivity index (χ0) is 18.1. The van der Waals surface area contributed by atoms with Crippen molar-refractivity contribution in [3.05, 3.63) is 33.3 Å². The third-order valence-electron chi connectivity index (χ3n) is 5.42. The van der Waals surface area contributed by atoms with E-state index in [1.54, 1.807) is 6.07 Å². The van der Waals surface area contributed by atoms with Crippen LogP contribution in [-0.2, 0) is 16.0 Å². The van der Waals surface area contributed by atoms with E-state index in [0.29, 0.717) is 29.6 Å². The Morgan fingerprint density at radius 1 is 1.24 bits per heavy atom. The van der Waals surface area contributed by atoms with Gasteiger partial charge in [-0.05, 0) is 49.4 Å². The number of carbonyl (C=O) groups is 2. The van der Waals surface area contributed by atoms with Gasteiger partial charge in [0.25, 0.3) is 0 Å². The summed E-state index contributed by atoms with van der Waals surface area (Å²) >= 11 is 12.5. The van der Waals surface area contributed by atoms with E-state index in [1.165, 1.54) is 0 Å². The minimum Gasteiger partial charge on any atom is -0.342 e. The van der Waals surface area contributed by atoms with Gasteiger partial charge in [-0.15, -0.1) is 0 Å². The number of nitrogens with zero attached hydrogens (tertiary/aromatic N) is 2. The van der Waals surface area contributed by atoms with Gasteiger partial charge in [-0.2, -0.15) is 0 Å². The monoisotopic (exact) mass is 382 g/mol. The minimum atomic E-state index is -0.108. The second-order valence-electron chi connectivity index (χ2n) is 6.95. The summed E-state index contributed by atoms with van der Waals surface area (Å²) < 4.78 is 0. The molecule has 6 heteroatoms. The van der Waals surface area contributed by atoms with Crippen LogP contribution in [0.4, 0.5) is 0 Å². The zero-order valence-electron chi connectivity index (χ0n) is 14.7. The highest BCUT2D eigenvalue weighted by Gasteiger charge is 2.35. The summed E-state index contributed by atoms with van der Waals surface area (Å²) in [4.78, 5) is 28.9. The Labute approximate surface area is 159 Å². The Kier molecular flexibility index (Phi) is 5.59. The van der Waals surface area contributed by atoms with Crippen molar-refractivity contribution in [2.24, 2.45) is 5.92 Å². The van der Waals surface area contributed by atoms with Crippen molar-refractivity contribution in [3.8, 4) is 0 Å². The largest absolute Gasteiger partial charge is 0.342 e. The number of likely N-dealkylation sites (tertiary alicyclic amines) is 1. The Morgan fingerprint density at radius 2 is 2.00 bits per heavy atom. The predicted molar refractivity (Wildman–Crippen MR) is 99.9 cm³/mol. The number of carbonyl (C=O) groups excluding carboxylic acids is 2. The summed E-state index contributed by atoms with van der Waals surface area (Å²) in [7, 11) is 0. The van der Waals surface area contributed by atoms with Crippen LogP contribution in [0.25, 0.3) is 0 Å². The maximum Gasteiger partial charge on any atom is 0.227 e. The summed E-state index contributed by atoms with van der Waals surface area (Å²) in [5.41, 5.74) is 2.13. The van der Waals surface area contributed by atoms with Crippen molar-refractivity contribution >= 4 is 35.0 Å². The molecule has 2 aliphatic heterocycles. The van der Waals surface area contributed by atoms with Crippen LogP contribution in [-0.4, -0.2) is 41.2 Å². The fourth-order valence-electron chi connectivity index (χ4n) is 4.02. The fourth-order valence-corrected chi connectivity index (χ4v) is 4.62. The SMILES string of the molecule is CCC(=O)N1CCC[C@@H](C(=O)N2CCc3c(Cl)cc(Cl)cc3[C@H]2C)C1. The lowest BCUT2D eigenvalue weighted by Gasteiger charge is -2.40. The van der Waals surface area contributed by atoms with Crippen molar-refractivity contribution in [1.29, 1.82) is 0 Å². The van der Waals surface area contributed by atoms with Gasteiger partial charge in [0.2, 0.25) is 11.8 Å². The molecule has 1 fully saturated rings. The van der Waals surface area contributed by atoms with E-state index in [1.807, 2.05) is 29.7 Å². The molecule has 2 aliphatic rings. The predicted octanol–water partition coefficient (Wildman–Crippen LogP) is 4.09. The van der Waals surface area contributed by atoms with Gasteiger partial charge >= 0.3 is 0 Å². The molecular weight excluding hydrogens is 359 g/mol. The number of hydrogen-bond acceptors (Lipinski definition) is 2. The van der Waals surface area contributed by atoms with Gasteiger partial charge in [0.15, 0.2) is 0 Å². The molecule has 2 heterocycles. The van der Waals surface area contributed by atoms with Gasteiger partial charge in [-0.25, -0.2) is 0 Å². The number of piperidine rings is 1. The van der Waals surface area contributed by atoms with E-state index in [0.717, 1.165) is 36.9 Å². The molecule has 0 N–H and O–H groups in total. The molecule has 0 bridgehead atoms. The van der Waals surface area contributed by atoms with Gasteiger partial charge in [0.1, 0.15) is 0 Å². The molecule has 1 aromatic rings. The lowest BCUT2D eigenvalue weighted by molar-refractivity contribution is -0.142. The lowest BCUT2D eigenvalue weighted by Crippen LogP contribution is -2.48. The topological polar surface area (TPSA) is 40.6 Å². The highest BCUT2D eigenvalue weighted by molar-refractivity contribution is 6.35. The molecule has 2 atom stereocenters. The van der Waals surface area contributed by atoms with E-state index in [-0.39, 0.29) is 23.8 Å². The molecular formula is C19H24Cl2N2O2. The van der Waals surface area contributed by atoms with Gasteiger partial charge in [0.05, 0.1) is 12.0 Å². The van der Waals surface area contributed by atoms with Gasteiger partial charge in [-0.3, -0.25) is 9.59 Å². The average Bonchev–Trinajstić information content (AvgIpc) is 2.61. The summed E-state index contributed by atoms with van der Waals surface area (Å²) in [6.45, 7) is 5.86. The molecule has 1 aromatic carbocycles. The summed E-state index contributed by atoms with van der Waals surface area (Å²) in [5.74, 6) is 0.166. The Hall–Kier alpha value is -1.26. The quantitative estimate of drug-likeness (QED) is 0.772. The maximum atomic E-state index is 13.1. The first kappa shape index (κ1) is 18.5. The highest BCUT2D eigenvalue weighted by Crippen LogP contribution is 2.37. The number of halogens is 2. The normalized spacial score (nSPS) is 23.4. The minimum absolute atomic E-state index is 0.0512. The zero-order valence-corrected chi connectivity index (χ0v) is 16.2. The van der Waals surface area contributed by atoms with Crippen molar-refractivity contribution in [2.45, 2.75) is 45.6 Å². The second kappa shape index (κ2) is 7.55. The highest BCUT2D eigenvalue weighted by atomic mass is 35.5. The Bertz CT molecular complexity index is 692. The summed E-state index contributed by atoms with van der Waals surface area (Å²) in [5, 5.41) is 1.28. The number of fused-ring (bicyclic) bond motifs is 1. The molecule has 0 saturated carbocycles. The third kappa shape index (κ3) is 3.65. The Balaban J connectivity index is 1.78. The Morgan fingerprint density at radius 3 is 2.72 bits per heavy atom. The number of hydrogen-bond donors (Lipinski definition) is 0. The van der Waals surface area contributed by atoms with E-state index in [2.05, 4.69) is 0 Å². The van der Waals surface area contributed by atoms with E-state index in [9.17, 15) is 9.59 Å². The number of benzene rings is 1. The van der Waals surface area contributed by atoms with Crippen LogP contribution in [0.15, 0.2) is 12.1 Å². The van der Waals surface area contributed by atoms with Crippen molar-refractivity contribution in [3.63, 3.8) is 0 Å². The van der Waals surface area contributed by atoms with Crippen LogP contribution in [0.2, 0.25) is 10.0 Å². The first-order valence-corrected chi connectivity index (χ1v) is 9.74. The van der Waals surface area contributed by atoms with Crippen LogP contribution in [0.1, 0.15) is 50.3 Å². The van der Waals surface area contributed by atoms with Crippen LogP contribution in [0.3, 0.4) is 0 Å². The smallest absolute Gasteiger partial charge is 0.227 e. The maximum absolute atomic E-state index is 13.1. The van der Waals surface area contributed by atoms with Crippen LogP contribution < -0.4 is 0 Å². The molecule has 4 nitrogen and oxygen atoms in total. The van der Waals surface area contributed by atoms with Gasteiger partial charge in [-0.1, -0.05) is 30.1 Å². The van der Waals surface area contributed by atoms with Crippen molar-refractivity contribution in [2.75, 3.05) is 19.6 Å². The van der Waals surface area contributed by atoms with Crippen molar-refractivity contribution < 1.29 is 9.59 Å². The molecule has 2 amide bonds. The number of amides is 2. The molecule has 0 aromatic heterocycles. The fraction of sp³-hybridized carbons (Fsp3) is 0.579. The van der Waals surface area contributed by atoms with Gasteiger partial charge in [0, 0.05) is 36.1 Å². The molecule has 0 aliphatic carbocycles. The van der Waals surface area contributed by atoms with Crippen molar-refractivity contribution in [1.82, 2.24) is 9.80 Å². The van der Waals surface area contributed by atoms with Crippen LogP contribution in [0.5, 0.6) is 0 Å². The summed E-state index contributed by atoms with van der Waals surface area (Å²) in [6, 6.07) is 3.63. The third-order valence-corrected chi connectivity index (χ3v) is 5.98. The van der Waals surface area contributed by atoms with E-state index in [4.69, 9.17) is 23.2 Å². The summed E-state index contributed by atoms with van der Waals surface area (Å²) in [6.07, 6.45) is 2.97. The molecule has 0 unspecified atom stereocenters. The van der Waals surface area contributed by atoms with E-state index < -0.39 is 0 Å². The lowest BCUT2D eigenvalue weighted by atomic mass is 9.90.